The molecule has 5 rings (SSSR count). The van der Waals surface area contributed by atoms with Gasteiger partial charge in [-0.25, -0.2) is 0 Å². The van der Waals surface area contributed by atoms with Gasteiger partial charge in [0.1, 0.15) is 6.04 Å². The Balaban J connectivity index is 1.38. The van der Waals surface area contributed by atoms with E-state index in [0.29, 0.717) is 31.5 Å². The van der Waals surface area contributed by atoms with Gasteiger partial charge in [-0.15, -0.1) is 0 Å². The fourth-order valence-electron chi connectivity index (χ4n) is 5.64. The van der Waals surface area contributed by atoms with Crippen LogP contribution in [0.5, 0.6) is 0 Å². The van der Waals surface area contributed by atoms with Crippen LogP contribution in [0, 0.1) is 6.92 Å². The highest BCUT2D eigenvalue weighted by atomic mass is 16.2. The van der Waals surface area contributed by atoms with Gasteiger partial charge in [0.05, 0.1) is 5.69 Å². The van der Waals surface area contributed by atoms with Crippen molar-refractivity contribution >= 4 is 34.2 Å². The zero-order valence-corrected chi connectivity index (χ0v) is 24.0. The molecule has 1 atom stereocenters. The van der Waals surface area contributed by atoms with E-state index >= 15 is 0 Å². The zero-order valence-electron chi connectivity index (χ0n) is 24.0. The van der Waals surface area contributed by atoms with Gasteiger partial charge in [0, 0.05) is 42.9 Å². The third kappa shape index (κ3) is 6.17. The van der Waals surface area contributed by atoms with Crippen LogP contribution < -0.4 is 10.2 Å². The largest absolute Gasteiger partial charge is 0.352 e. The molecule has 0 saturated heterocycles. The maximum absolute atomic E-state index is 14.0. The van der Waals surface area contributed by atoms with E-state index in [1.807, 2.05) is 112 Å². The number of benzene rings is 4. The Bertz CT molecular complexity index is 1560. The van der Waals surface area contributed by atoms with Crippen LogP contribution in [0.15, 0.2) is 91.0 Å². The number of nitrogens with one attached hydrogen (secondary N) is 1. The highest BCUT2D eigenvalue weighted by molar-refractivity contribution is 6.25. The van der Waals surface area contributed by atoms with Gasteiger partial charge in [0.25, 0.3) is 5.91 Å². The summed E-state index contributed by atoms with van der Waals surface area (Å²) in [5, 5.41) is 5.05. The van der Waals surface area contributed by atoms with Gasteiger partial charge in [0.2, 0.25) is 11.8 Å². The van der Waals surface area contributed by atoms with E-state index in [4.69, 9.17) is 0 Å². The van der Waals surface area contributed by atoms with Gasteiger partial charge in [-0.3, -0.25) is 14.4 Å². The minimum Gasteiger partial charge on any atom is -0.352 e. The van der Waals surface area contributed by atoms with Crippen molar-refractivity contribution in [3.05, 3.63) is 113 Å². The van der Waals surface area contributed by atoms with Crippen molar-refractivity contribution in [2.75, 3.05) is 11.4 Å². The van der Waals surface area contributed by atoms with Crippen molar-refractivity contribution in [1.29, 1.82) is 0 Å². The van der Waals surface area contributed by atoms with Gasteiger partial charge in [-0.1, -0.05) is 78.9 Å². The van der Waals surface area contributed by atoms with E-state index in [0.717, 1.165) is 33.2 Å². The van der Waals surface area contributed by atoms with Crippen LogP contribution in [0.4, 0.5) is 5.69 Å². The van der Waals surface area contributed by atoms with Crippen LogP contribution in [-0.4, -0.2) is 41.2 Å². The lowest BCUT2D eigenvalue weighted by Gasteiger charge is -2.32. The second-order valence-electron chi connectivity index (χ2n) is 11.1. The third-order valence-corrected chi connectivity index (χ3v) is 7.73. The van der Waals surface area contributed by atoms with E-state index in [1.54, 1.807) is 9.80 Å². The molecule has 0 saturated carbocycles. The maximum Gasteiger partial charge on any atom is 0.258 e. The number of anilines is 1. The summed E-state index contributed by atoms with van der Waals surface area (Å²) in [5.41, 5.74) is 4.67. The summed E-state index contributed by atoms with van der Waals surface area (Å²) in [5.74, 6) is -0.294. The average molecular weight is 548 g/mol. The monoisotopic (exact) mass is 547 g/mol. The van der Waals surface area contributed by atoms with Gasteiger partial charge in [-0.05, 0) is 61.4 Å². The van der Waals surface area contributed by atoms with E-state index in [1.165, 1.54) is 0 Å². The summed E-state index contributed by atoms with van der Waals surface area (Å²) >= 11 is 0. The molecule has 1 aliphatic rings. The molecule has 0 bridgehead atoms. The molecule has 1 heterocycles. The Morgan fingerprint density at radius 1 is 0.878 bits per heavy atom. The van der Waals surface area contributed by atoms with E-state index < -0.39 is 6.04 Å². The Labute approximate surface area is 242 Å². The second-order valence-corrected chi connectivity index (χ2v) is 11.1. The van der Waals surface area contributed by atoms with E-state index in [9.17, 15) is 14.4 Å². The fourth-order valence-corrected chi connectivity index (χ4v) is 5.64. The zero-order chi connectivity index (χ0) is 28.9. The first kappa shape index (κ1) is 28.1. The van der Waals surface area contributed by atoms with Gasteiger partial charge in [0.15, 0.2) is 0 Å². The lowest BCUT2D eigenvalue weighted by atomic mass is 10.0. The van der Waals surface area contributed by atoms with Crippen LogP contribution in [-0.2, 0) is 22.6 Å². The third-order valence-electron chi connectivity index (χ3n) is 7.73. The SMILES string of the molecule is Cc1ccccc1CN(C(=O)CCCN1C(=O)c2cccc3cccc1c23)[C@H](Cc1ccccc1)C(=O)NC(C)C. The minimum absolute atomic E-state index is 0.0284. The molecule has 41 heavy (non-hydrogen) atoms. The molecule has 3 amide bonds. The van der Waals surface area contributed by atoms with Crippen molar-refractivity contribution < 1.29 is 14.4 Å². The number of rotatable bonds is 11. The first-order valence-electron chi connectivity index (χ1n) is 14.4. The van der Waals surface area contributed by atoms with Gasteiger partial charge >= 0.3 is 0 Å². The predicted molar refractivity (Wildman–Crippen MR) is 164 cm³/mol. The Kier molecular flexibility index (Phi) is 8.48. The number of nitrogens with zero attached hydrogens (tertiary/aromatic N) is 2. The van der Waals surface area contributed by atoms with Crippen molar-refractivity contribution in [3.8, 4) is 0 Å². The molecule has 210 valence electrons. The maximum atomic E-state index is 14.0. The smallest absolute Gasteiger partial charge is 0.258 e. The summed E-state index contributed by atoms with van der Waals surface area (Å²) in [6, 6.07) is 28.8. The summed E-state index contributed by atoms with van der Waals surface area (Å²) < 4.78 is 0. The Morgan fingerprint density at radius 3 is 2.32 bits per heavy atom. The molecule has 1 aliphatic heterocycles. The number of hydrogen-bond acceptors (Lipinski definition) is 3. The van der Waals surface area contributed by atoms with Gasteiger partial charge < -0.3 is 15.1 Å². The minimum atomic E-state index is -0.668. The van der Waals surface area contributed by atoms with Crippen LogP contribution in [0.25, 0.3) is 10.8 Å². The quantitative estimate of drug-likeness (QED) is 0.248. The predicted octanol–water partition coefficient (Wildman–Crippen LogP) is 6.05. The molecule has 0 aliphatic carbocycles. The van der Waals surface area contributed by atoms with Crippen LogP contribution in [0.3, 0.4) is 0 Å². The summed E-state index contributed by atoms with van der Waals surface area (Å²) in [7, 11) is 0. The molecule has 0 fully saturated rings. The number of amides is 3. The van der Waals surface area contributed by atoms with E-state index in [2.05, 4.69) is 5.32 Å². The molecule has 6 nitrogen and oxygen atoms in total. The Morgan fingerprint density at radius 2 is 1.59 bits per heavy atom. The van der Waals surface area contributed by atoms with Crippen LogP contribution in [0.1, 0.15) is 53.7 Å². The summed E-state index contributed by atoms with van der Waals surface area (Å²) in [4.78, 5) is 44.3. The average Bonchev–Trinajstić information content (AvgIpc) is 3.24. The van der Waals surface area contributed by atoms with Crippen molar-refractivity contribution in [1.82, 2.24) is 10.2 Å². The molecule has 4 aromatic rings. The standard InChI is InChI=1S/C35H37N3O3/c1-24(2)36-34(40)31(22-26-13-5-4-6-14-26)38(23-28-15-8-7-12-25(28)3)32(39)20-11-21-37-30-19-10-17-27-16-9-18-29(33(27)30)35(37)41/h4-10,12-19,24,31H,11,20-23H2,1-3H3,(H,36,40)/t31-/m1/s1. The topological polar surface area (TPSA) is 69.7 Å². The molecule has 0 aromatic heterocycles. The van der Waals surface area contributed by atoms with Crippen LogP contribution >= 0.6 is 0 Å². The highest BCUT2D eigenvalue weighted by Gasteiger charge is 2.32. The number of aryl methyl sites for hydroxylation is 1. The lowest BCUT2D eigenvalue weighted by molar-refractivity contribution is -0.141. The molecule has 4 aromatic carbocycles. The first-order valence-corrected chi connectivity index (χ1v) is 14.4. The van der Waals surface area contributed by atoms with E-state index in [-0.39, 0.29) is 30.2 Å². The van der Waals surface area contributed by atoms with Crippen molar-refractivity contribution in [3.63, 3.8) is 0 Å². The second kappa shape index (κ2) is 12.4. The highest BCUT2D eigenvalue weighted by Crippen LogP contribution is 2.37. The molecule has 0 spiro atoms. The van der Waals surface area contributed by atoms with Crippen LogP contribution in [0.2, 0.25) is 0 Å². The molecular formula is C35H37N3O3. The molecular weight excluding hydrogens is 510 g/mol. The number of carbonyl (C=O) groups is 3. The van der Waals surface area contributed by atoms with Gasteiger partial charge in [-0.2, -0.15) is 0 Å². The number of hydrogen-bond donors (Lipinski definition) is 1. The molecule has 0 unspecified atom stereocenters. The van der Waals surface area contributed by atoms with Crippen molar-refractivity contribution in [2.45, 2.75) is 58.7 Å². The fraction of sp³-hybridized carbons (Fsp3) is 0.286. The molecule has 0 radical (unpaired) electrons. The summed E-state index contributed by atoms with van der Waals surface area (Å²) in [6.45, 7) is 6.64. The normalized spacial score (nSPS) is 13.1. The molecule has 1 N–H and O–H groups in total. The Hall–Kier alpha value is -4.45. The summed E-state index contributed by atoms with van der Waals surface area (Å²) in [6.07, 6.45) is 1.13. The lowest BCUT2D eigenvalue weighted by Crippen LogP contribution is -2.52. The first-order chi connectivity index (χ1) is 19.8. The van der Waals surface area contributed by atoms with Crippen molar-refractivity contribution in [2.24, 2.45) is 0 Å². The molecule has 6 heteroatoms. The number of carbonyl (C=O) groups excluding carboxylic acids is 3.